The number of carbonyl (C=O) groups excluding carboxylic acids is 2. The number of aromatic nitrogens is 2. The van der Waals surface area contributed by atoms with Crippen LogP contribution in [0.4, 0.5) is 40.2 Å². The lowest BCUT2D eigenvalue weighted by Crippen LogP contribution is -2.25. The number of nitrogens with one attached hydrogen (secondary N) is 4. The number of hydrogen-bond acceptors (Lipinski definition) is 6. The van der Waals surface area contributed by atoms with E-state index in [1.807, 2.05) is 0 Å². The number of ether oxygens (including phenoxy) is 1. The molecule has 0 spiro atoms. The molecule has 0 bridgehead atoms. The third-order valence-corrected chi connectivity index (χ3v) is 3.64. The lowest BCUT2D eigenvalue weighted by atomic mass is 10.2. The maximum atomic E-state index is 12.8. The first-order valence-corrected chi connectivity index (χ1v) is 8.84. The molecule has 2 rings (SSSR count). The molecule has 0 unspecified atom stereocenters. The molecule has 1 aromatic heterocycles. The van der Waals surface area contributed by atoms with Crippen molar-refractivity contribution in [3.8, 4) is 0 Å². The van der Waals surface area contributed by atoms with Crippen LogP contribution in [-0.4, -0.2) is 42.3 Å². The molecule has 0 aliphatic rings. The molecule has 12 heteroatoms. The molecule has 4 N–H and O–H groups in total. The fourth-order valence-electron chi connectivity index (χ4n) is 2.32. The molecule has 162 valence electrons. The number of amides is 3. The van der Waals surface area contributed by atoms with Crippen LogP contribution in [0.25, 0.3) is 0 Å². The topological polar surface area (TPSA) is 117 Å². The van der Waals surface area contributed by atoms with E-state index in [1.165, 1.54) is 19.2 Å². The molecular weight excluding hydrogens is 405 g/mol. The average Bonchev–Trinajstić information content (AvgIpc) is 2.66. The number of alkyl carbamates (subject to hydrolysis) is 1. The van der Waals surface area contributed by atoms with Crippen LogP contribution in [0, 0.1) is 6.92 Å². The van der Waals surface area contributed by atoms with Gasteiger partial charge in [0.1, 0.15) is 5.82 Å². The highest BCUT2D eigenvalue weighted by Crippen LogP contribution is 2.30. The van der Waals surface area contributed by atoms with Gasteiger partial charge in [-0.2, -0.15) is 18.2 Å². The molecule has 0 radical (unpaired) electrons. The molecular formula is C18H21F3N6O3. The van der Waals surface area contributed by atoms with Crippen molar-refractivity contribution in [1.82, 2.24) is 15.3 Å². The Bertz CT molecular complexity index is 892. The van der Waals surface area contributed by atoms with Crippen LogP contribution in [0.1, 0.15) is 17.7 Å². The van der Waals surface area contributed by atoms with Crippen LogP contribution < -0.4 is 21.3 Å². The van der Waals surface area contributed by atoms with Gasteiger partial charge in [0.15, 0.2) is 0 Å². The normalized spacial score (nSPS) is 10.8. The van der Waals surface area contributed by atoms with Crippen molar-refractivity contribution in [3.05, 3.63) is 41.6 Å². The fourth-order valence-corrected chi connectivity index (χ4v) is 2.32. The third kappa shape index (κ3) is 7.45. The SMILES string of the molecule is COC(=O)NCCCNc1cc(C)nc(NC(=O)Nc2cccc(C(F)(F)F)c2)n1. The largest absolute Gasteiger partial charge is 0.453 e. The molecule has 0 saturated heterocycles. The van der Waals surface area contributed by atoms with E-state index in [9.17, 15) is 22.8 Å². The van der Waals surface area contributed by atoms with Gasteiger partial charge in [-0.3, -0.25) is 5.32 Å². The van der Waals surface area contributed by atoms with Gasteiger partial charge >= 0.3 is 18.3 Å². The Morgan fingerprint density at radius 3 is 2.57 bits per heavy atom. The zero-order chi connectivity index (χ0) is 22.1. The minimum absolute atomic E-state index is 0.0188. The predicted octanol–water partition coefficient (Wildman–Crippen LogP) is 3.61. The Hall–Kier alpha value is -3.57. The smallest absolute Gasteiger partial charge is 0.416 e. The number of methoxy groups -OCH3 is 1. The summed E-state index contributed by atoms with van der Waals surface area (Å²) in [4.78, 5) is 31.3. The number of alkyl halides is 3. The van der Waals surface area contributed by atoms with Gasteiger partial charge in [0.25, 0.3) is 0 Å². The van der Waals surface area contributed by atoms with Crippen molar-refractivity contribution in [1.29, 1.82) is 0 Å². The van der Waals surface area contributed by atoms with Gasteiger partial charge < -0.3 is 20.7 Å². The maximum absolute atomic E-state index is 12.8. The summed E-state index contributed by atoms with van der Waals surface area (Å²) < 4.78 is 42.8. The van der Waals surface area contributed by atoms with E-state index in [-0.39, 0.29) is 11.6 Å². The minimum Gasteiger partial charge on any atom is -0.453 e. The molecule has 1 aromatic carbocycles. The molecule has 0 saturated carbocycles. The van der Waals surface area contributed by atoms with E-state index in [1.54, 1.807) is 13.0 Å². The highest BCUT2D eigenvalue weighted by Gasteiger charge is 2.30. The second kappa shape index (κ2) is 10.3. The summed E-state index contributed by atoms with van der Waals surface area (Å²) in [6, 6.07) is 5.13. The van der Waals surface area contributed by atoms with Crippen molar-refractivity contribution in [3.63, 3.8) is 0 Å². The first-order chi connectivity index (χ1) is 14.2. The van der Waals surface area contributed by atoms with E-state index in [0.717, 1.165) is 12.1 Å². The summed E-state index contributed by atoms with van der Waals surface area (Å²) in [6.45, 7) is 2.58. The first-order valence-electron chi connectivity index (χ1n) is 8.84. The zero-order valence-electron chi connectivity index (χ0n) is 16.3. The van der Waals surface area contributed by atoms with E-state index in [2.05, 4.69) is 36.0 Å². The lowest BCUT2D eigenvalue weighted by Gasteiger charge is -2.11. The van der Waals surface area contributed by atoms with E-state index >= 15 is 0 Å². The number of anilines is 3. The van der Waals surface area contributed by atoms with Crippen LogP contribution >= 0.6 is 0 Å². The van der Waals surface area contributed by atoms with Crippen molar-refractivity contribution in [2.75, 3.05) is 36.1 Å². The predicted molar refractivity (Wildman–Crippen MR) is 104 cm³/mol. The zero-order valence-corrected chi connectivity index (χ0v) is 16.3. The van der Waals surface area contributed by atoms with Gasteiger partial charge in [-0.1, -0.05) is 6.07 Å². The van der Waals surface area contributed by atoms with E-state index < -0.39 is 23.9 Å². The Morgan fingerprint density at radius 2 is 1.87 bits per heavy atom. The van der Waals surface area contributed by atoms with Crippen LogP contribution in [0.15, 0.2) is 30.3 Å². The van der Waals surface area contributed by atoms with Crippen LogP contribution in [0.5, 0.6) is 0 Å². The summed E-state index contributed by atoms with van der Waals surface area (Å²) in [5.74, 6) is 0.421. The molecule has 3 amide bonds. The molecule has 0 aliphatic carbocycles. The van der Waals surface area contributed by atoms with Gasteiger partial charge in [-0.15, -0.1) is 0 Å². The van der Waals surface area contributed by atoms with Crippen molar-refractivity contribution in [2.24, 2.45) is 0 Å². The second-order valence-electron chi connectivity index (χ2n) is 6.07. The molecule has 1 heterocycles. The number of carbonyl (C=O) groups is 2. The van der Waals surface area contributed by atoms with Crippen molar-refractivity contribution in [2.45, 2.75) is 19.5 Å². The third-order valence-electron chi connectivity index (χ3n) is 3.64. The minimum atomic E-state index is -4.51. The number of rotatable bonds is 7. The molecule has 30 heavy (non-hydrogen) atoms. The van der Waals surface area contributed by atoms with Crippen molar-refractivity contribution >= 4 is 29.6 Å². The summed E-state index contributed by atoms with van der Waals surface area (Å²) >= 11 is 0. The van der Waals surface area contributed by atoms with E-state index in [4.69, 9.17) is 0 Å². The molecule has 0 aliphatic heterocycles. The molecule has 0 atom stereocenters. The summed E-state index contributed by atoms with van der Waals surface area (Å²) in [5.41, 5.74) is -0.332. The number of aryl methyl sites for hydroxylation is 1. The Labute approximate surface area is 170 Å². The Balaban J connectivity index is 1.92. The summed E-state index contributed by atoms with van der Waals surface area (Å²) in [6.07, 6.45) is -4.44. The second-order valence-corrected chi connectivity index (χ2v) is 6.07. The van der Waals surface area contributed by atoms with Gasteiger partial charge in [-0.25, -0.2) is 14.6 Å². The Morgan fingerprint density at radius 1 is 1.10 bits per heavy atom. The first kappa shape index (κ1) is 22.7. The standard InChI is InChI=1S/C18H21F3N6O3/c1-11-9-14(22-7-4-8-23-17(29)30-2)26-15(24-11)27-16(28)25-13-6-3-5-12(10-13)18(19,20)21/h3,5-6,9-10H,4,7-8H2,1-2H3,(H,23,29)(H3,22,24,25,26,27,28). The average molecular weight is 426 g/mol. The highest BCUT2D eigenvalue weighted by molar-refractivity contribution is 5.98. The monoisotopic (exact) mass is 426 g/mol. The van der Waals surface area contributed by atoms with Crippen LogP contribution in [0.3, 0.4) is 0 Å². The quantitative estimate of drug-likeness (QED) is 0.503. The maximum Gasteiger partial charge on any atom is 0.416 e. The number of urea groups is 1. The number of benzene rings is 1. The van der Waals surface area contributed by atoms with Crippen LogP contribution in [0.2, 0.25) is 0 Å². The Kier molecular flexibility index (Phi) is 7.78. The van der Waals surface area contributed by atoms with Gasteiger partial charge in [0.2, 0.25) is 5.95 Å². The number of halogens is 3. The van der Waals surface area contributed by atoms with E-state index in [0.29, 0.717) is 31.0 Å². The van der Waals surface area contributed by atoms with Gasteiger partial charge in [0.05, 0.1) is 12.7 Å². The van der Waals surface area contributed by atoms with Crippen LogP contribution in [-0.2, 0) is 10.9 Å². The highest BCUT2D eigenvalue weighted by atomic mass is 19.4. The number of nitrogens with zero attached hydrogens (tertiary/aromatic N) is 2. The number of hydrogen-bond donors (Lipinski definition) is 4. The summed E-state index contributed by atoms with van der Waals surface area (Å²) in [7, 11) is 1.27. The van der Waals surface area contributed by atoms with Gasteiger partial charge in [0, 0.05) is 30.5 Å². The van der Waals surface area contributed by atoms with Gasteiger partial charge in [-0.05, 0) is 31.5 Å². The fraction of sp³-hybridized carbons (Fsp3) is 0.333. The lowest BCUT2D eigenvalue weighted by molar-refractivity contribution is -0.137. The molecule has 0 fully saturated rings. The van der Waals surface area contributed by atoms with Crippen molar-refractivity contribution < 1.29 is 27.5 Å². The molecule has 2 aromatic rings. The molecule has 9 nitrogen and oxygen atoms in total. The summed E-state index contributed by atoms with van der Waals surface area (Å²) in [5, 5.41) is 10.3.